The molecule has 1 atom stereocenters. The summed E-state index contributed by atoms with van der Waals surface area (Å²) in [5, 5.41) is 9.71. The highest BCUT2D eigenvalue weighted by Gasteiger charge is 2.30. The molecule has 4 aromatic rings. The number of aromatic nitrogens is 4. The number of fused-ring (bicyclic) bond motifs is 1. The molecule has 2 aliphatic heterocycles. The first-order valence-electron chi connectivity index (χ1n) is 16.1. The van der Waals surface area contributed by atoms with E-state index in [2.05, 4.69) is 28.0 Å². The van der Waals surface area contributed by atoms with E-state index in [4.69, 9.17) is 4.98 Å². The number of anilines is 2. The second-order valence-electron chi connectivity index (χ2n) is 12.2. The highest BCUT2D eigenvalue weighted by Crippen LogP contribution is 2.29. The summed E-state index contributed by atoms with van der Waals surface area (Å²) in [7, 11) is 0. The molecule has 2 amide bonds. The molecular formula is C36H38F3N7O2. The molecule has 0 aliphatic carbocycles. The Balaban J connectivity index is 1.09. The summed E-state index contributed by atoms with van der Waals surface area (Å²) in [5.41, 5.74) is 4.86. The molecule has 0 bridgehead atoms. The zero-order valence-corrected chi connectivity index (χ0v) is 26.8. The SMILES string of the molecule is C=c1[nH]c(C2CCCN(C(=O)c3ccc(Nc4nc5c(C6=CCN(C(=O)CCC(F)(F)F)CC6)cccn5n4)cc3)C2)c/c1=C/C=C\C. The molecule has 5 heterocycles. The number of aromatic amines is 1. The van der Waals surface area contributed by atoms with Crippen molar-refractivity contribution in [3.63, 3.8) is 0 Å². The van der Waals surface area contributed by atoms with Crippen LogP contribution in [0.1, 0.15) is 66.6 Å². The fraction of sp³-hybridized carbons (Fsp3) is 0.333. The molecule has 48 heavy (non-hydrogen) atoms. The van der Waals surface area contributed by atoms with E-state index in [0.717, 1.165) is 45.9 Å². The van der Waals surface area contributed by atoms with Gasteiger partial charge < -0.3 is 20.1 Å². The van der Waals surface area contributed by atoms with Gasteiger partial charge in [0.25, 0.3) is 5.91 Å². The number of nitrogens with zero attached hydrogens (tertiary/aromatic N) is 5. The van der Waals surface area contributed by atoms with E-state index < -0.39 is 24.9 Å². The Hall–Kier alpha value is -5.13. The molecule has 0 saturated carbocycles. The Morgan fingerprint density at radius 3 is 2.69 bits per heavy atom. The number of pyridine rings is 1. The zero-order chi connectivity index (χ0) is 33.8. The Labute approximate surface area is 276 Å². The molecule has 1 aromatic carbocycles. The van der Waals surface area contributed by atoms with Gasteiger partial charge in [0.1, 0.15) is 0 Å². The maximum absolute atomic E-state index is 13.5. The number of nitrogens with one attached hydrogen (secondary N) is 2. The molecule has 1 fully saturated rings. The third kappa shape index (κ3) is 7.53. The van der Waals surface area contributed by atoms with Crippen LogP contribution in [0.2, 0.25) is 0 Å². The number of allylic oxidation sites excluding steroid dienone is 2. The highest BCUT2D eigenvalue weighted by molar-refractivity contribution is 5.94. The molecule has 0 spiro atoms. The number of halogens is 3. The van der Waals surface area contributed by atoms with E-state index in [1.165, 1.54) is 4.90 Å². The number of amides is 2. The standard InChI is InChI=1S/C36H38F3N7O2/c1-3-4-7-27-22-31(40-24(27)2)28-8-5-18-45(23-28)34(48)26-10-12-29(13-11-26)41-35-42-33-30(9-6-19-46(33)43-35)25-15-20-44(21-16-25)32(47)14-17-36(37,38)39/h3-4,6-7,9-13,15,19,22,28,40H,2,5,8,14,16-18,20-21,23H2,1H3,(H,41,43)/b4-3-,27-7-. The molecule has 6 rings (SSSR count). The fourth-order valence-electron chi connectivity index (χ4n) is 6.29. The number of alkyl halides is 3. The summed E-state index contributed by atoms with van der Waals surface area (Å²) >= 11 is 0. The summed E-state index contributed by atoms with van der Waals surface area (Å²) in [5.74, 6) is 0.0880. The topological polar surface area (TPSA) is 98.6 Å². The van der Waals surface area contributed by atoms with Crippen molar-refractivity contribution < 1.29 is 22.8 Å². The van der Waals surface area contributed by atoms with Gasteiger partial charge >= 0.3 is 6.18 Å². The lowest BCUT2D eigenvalue weighted by molar-refractivity contribution is -0.148. The normalized spacial score (nSPS) is 17.7. The first-order valence-corrected chi connectivity index (χ1v) is 16.1. The molecule has 1 saturated heterocycles. The Morgan fingerprint density at radius 2 is 1.96 bits per heavy atom. The molecule has 9 nitrogen and oxygen atoms in total. The molecule has 2 N–H and O–H groups in total. The zero-order valence-electron chi connectivity index (χ0n) is 26.8. The maximum atomic E-state index is 13.5. The summed E-state index contributed by atoms with van der Waals surface area (Å²) in [6.45, 7) is 8.03. The van der Waals surface area contributed by atoms with Gasteiger partial charge in [-0.25, -0.2) is 4.52 Å². The summed E-state index contributed by atoms with van der Waals surface area (Å²) in [6.07, 6.45) is 6.07. The van der Waals surface area contributed by atoms with Gasteiger partial charge in [0.15, 0.2) is 5.65 Å². The van der Waals surface area contributed by atoms with E-state index >= 15 is 0 Å². The van der Waals surface area contributed by atoms with Gasteiger partial charge in [-0.15, -0.1) is 5.10 Å². The van der Waals surface area contributed by atoms with Gasteiger partial charge in [-0.1, -0.05) is 30.9 Å². The van der Waals surface area contributed by atoms with Crippen LogP contribution in [0.3, 0.4) is 0 Å². The average molecular weight is 658 g/mol. The van der Waals surface area contributed by atoms with Crippen molar-refractivity contribution in [2.75, 3.05) is 31.5 Å². The summed E-state index contributed by atoms with van der Waals surface area (Å²) < 4.78 is 39.3. The van der Waals surface area contributed by atoms with Crippen molar-refractivity contribution in [1.82, 2.24) is 29.4 Å². The van der Waals surface area contributed by atoms with Crippen molar-refractivity contribution in [2.45, 2.75) is 51.1 Å². The fourth-order valence-corrected chi connectivity index (χ4v) is 6.29. The summed E-state index contributed by atoms with van der Waals surface area (Å²) in [6, 6.07) is 13.2. The van der Waals surface area contributed by atoms with E-state index in [0.29, 0.717) is 43.2 Å². The van der Waals surface area contributed by atoms with E-state index in [9.17, 15) is 22.8 Å². The Morgan fingerprint density at radius 1 is 1.15 bits per heavy atom. The van der Waals surface area contributed by atoms with Crippen molar-refractivity contribution in [2.24, 2.45) is 0 Å². The van der Waals surface area contributed by atoms with Crippen LogP contribution in [0.5, 0.6) is 0 Å². The third-order valence-corrected chi connectivity index (χ3v) is 8.85. The van der Waals surface area contributed by atoms with Crippen LogP contribution in [0.4, 0.5) is 24.8 Å². The lowest BCUT2D eigenvalue weighted by Crippen LogP contribution is -2.39. The minimum Gasteiger partial charge on any atom is -0.359 e. The Kier molecular flexibility index (Phi) is 9.51. The van der Waals surface area contributed by atoms with Crippen LogP contribution in [0.25, 0.3) is 23.9 Å². The highest BCUT2D eigenvalue weighted by atomic mass is 19.4. The number of H-pyrrole nitrogens is 1. The molecular weight excluding hydrogens is 619 g/mol. The number of carbonyl (C=O) groups excluding carboxylic acids is 2. The van der Waals surface area contributed by atoms with E-state index in [-0.39, 0.29) is 18.4 Å². The van der Waals surface area contributed by atoms with Gasteiger partial charge in [0.2, 0.25) is 11.9 Å². The number of piperidine rings is 1. The van der Waals surface area contributed by atoms with Crippen molar-refractivity contribution in [3.8, 4) is 0 Å². The number of hydrogen-bond acceptors (Lipinski definition) is 5. The van der Waals surface area contributed by atoms with Gasteiger partial charge in [0.05, 0.1) is 6.42 Å². The minimum absolute atomic E-state index is 0.00905. The number of benzene rings is 1. The second kappa shape index (κ2) is 13.9. The average Bonchev–Trinajstić information content (AvgIpc) is 3.68. The molecule has 3 aromatic heterocycles. The second-order valence-corrected chi connectivity index (χ2v) is 12.2. The molecule has 1 unspecified atom stereocenters. The van der Waals surface area contributed by atoms with Crippen molar-refractivity contribution in [1.29, 1.82) is 0 Å². The van der Waals surface area contributed by atoms with E-state index in [1.807, 2.05) is 60.4 Å². The predicted octanol–water partition coefficient (Wildman–Crippen LogP) is 5.55. The lowest BCUT2D eigenvalue weighted by Gasteiger charge is -2.32. The van der Waals surface area contributed by atoms with Gasteiger partial charge in [0, 0.05) is 72.6 Å². The summed E-state index contributed by atoms with van der Waals surface area (Å²) in [4.78, 5) is 37.2. The molecule has 0 radical (unpaired) electrons. The number of rotatable bonds is 8. The molecule has 2 aliphatic rings. The Bertz CT molecular complexity index is 1970. The number of likely N-dealkylation sites (tertiary alicyclic amines) is 1. The third-order valence-electron chi connectivity index (χ3n) is 8.85. The van der Waals surface area contributed by atoms with Crippen LogP contribution in [0, 0.1) is 0 Å². The number of hydrogen-bond donors (Lipinski definition) is 2. The first-order chi connectivity index (χ1) is 23.1. The largest absolute Gasteiger partial charge is 0.389 e. The van der Waals surface area contributed by atoms with Crippen molar-refractivity contribution >= 4 is 47.3 Å². The monoisotopic (exact) mass is 657 g/mol. The first kappa shape index (κ1) is 32.8. The van der Waals surface area contributed by atoms with E-state index in [1.54, 1.807) is 22.8 Å². The quantitative estimate of drug-likeness (QED) is 0.259. The van der Waals surface area contributed by atoms with Crippen LogP contribution in [-0.2, 0) is 4.79 Å². The smallest absolute Gasteiger partial charge is 0.359 e. The van der Waals surface area contributed by atoms with Gasteiger partial charge in [-0.3, -0.25) is 9.59 Å². The van der Waals surface area contributed by atoms with Gasteiger partial charge in [-0.2, -0.15) is 18.2 Å². The van der Waals surface area contributed by atoms with Crippen LogP contribution >= 0.6 is 0 Å². The maximum Gasteiger partial charge on any atom is 0.389 e. The van der Waals surface area contributed by atoms with Gasteiger partial charge in [-0.05, 0) is 79.4 Å². The molecule has 12 heteroatoms. The molecule has 250 valence electrons. The minimum atomic E-state index is -4.35. The van der Waals surface area contributed by atoms with Crippen LogP contribution in [-0.4, -0.2) is 73.6 Å². The number of carbonyl (C=O) groups is 2. The van der Waals surface area contributed by atoms with Crippen LogP contribution in [0.15, 0.2) is 66.9 Å². The predicted molar refractivity (Wildman–Crippen MR) is 180 cm³/mol. The lowest BCUT2D eigenvalue weighted by atomic mass is 9.94. The van der Waals surface area contributed by atoms with Crippen LogP contribution < -0.4 is 15.9 Å². The van der Waals surface area contributed by atoms with Crippen molar-refractivity contribution in [3.05, 3.63) is 94.3 Å².